The van der Waals surface area contributed by atoms with Gasteiger partial charge in [0.2, 0.25) is 0 Å². The van der Waals surface area contributed by atoms with Crippen molar-refractivity contribution in [3.8, 4) is 0 Å². The SMILES string of the molecule is CC1(C)O[C@H]2[C@@H]([C@@H]3COC(C)(C)O3)O[C@@H](/[N+]([O-])=C/CO[Si](c3ccccc3)(c3ccccc3)C(C)(C)C)[C@H]2O1. The predicted octanol–water partition coefficient (Wildman–Crippen LogP) is 3.54. The lowest BCUT2D eigenvalue weighted by molar-refractivity contribution is -0.563. The van der Waals surface area contributed by atoms with E-state index in [2.05, 4.69) is 45.0 Å². The van der Waals surface area contributed by atoms with Crippen molar-refractivity contribution in [1.82, 2.24) is 0 Å². The van der Waals surface area contributed by atoms with Gasteiger partial charge in [0.05, 0.1) is 6.61 Å². The van der Waals surface area contributed by atoms with Crippen LogP contribution in [0.3, 0.4) is 0 Å². The minimum atomic E-state index is -2.79. The number of hydrogen-bond acceptors (Lipinski definition) is 7. The number of nitrogens with zero attached hydrogens (tertiary/aromatic N) is 1. The summed E-state index contributed by atoms with van der Waals surface area (Å²) in [5.41, 5.74) is 0. The molecule has 0 aromatic heterocycles. The molecule has 0 unspecified atom stereocenters. The second-order valence-electron chi connectivity index (χ2n) is 12.4. The van der Waals surface area contributed by atoms with E-state index in [0.717, 1.165) is 15.1 Å². The highest BCUT2D eigenvalue weighted by molar-refractivity contribution is 6.99. The van der Waals surface area contributed by atoms with Crippen molar-refractivity contribution in [3.63, 3.8) is 0 Å². The molecule has 0 radical (unpaired) electrons. The van der Waals surface area contributed by atoms with Crippen LogP contribution < -0.4 is 10.4 Å². The molecule has 9 heteroatoms. The lowest BCUT2D eigenvalue weighted by Gasteiger charge is -2.42. The average Bonchev–Trinajstić information content (AvgIpc) is 3.51. The van der Waals surface area contributed by atoms with Gasteiger partial charge >= 0.3 is 0 Å². The highest BCUT2D eigenvalue weighted by Crippen LogP contribution is 2.42. The molecular formula is C30H41NO7Si. The highest BCUT2D eigenvalue weighted by Gasteiger charge is 2.62. The molecule has 3 fully saturated rings. The molecule has 0 saturated carbocycles. The first-order valence-corrected chi connectivity index (χ1v) is 15.6. The summed E-state index contributed by atoms with van der Waals surface area (Å²) in [6.45, 7) is 14.5. The molecule has 8 nitrogen and oxygen atoms in total. The zero-order chi connectivity index (χ0) is 28.1. The Morgan fingerprint density at radius 2 is 1.44 bits per heavy atom. The van der Waals surface area contributed by atoms with E-state index in [1.54, 1.807) is 0 Å². The summed E-state index contributed by atoms with van der Waals surface area (Å²) in [7, 11) is -2.79. The Morgan fingerprint density at radius 1 is 0.872 bits per heavy atom. The van der Waals surface area contributed by atoms with Crippen LogP contribution in [0.4, 0.5) is 0 Å². The number of ether oxygens (including phenoxy) is 5. The first kappa shape index (κ1) is 28.4. The van der Waals surface area contributed by atoms with Crippen LogP contribution in [-0.2, 0) is 28.1 Å². The molecule has 2 aromatic rings. The van der Waals surface area contributed by atoms with Crippen LogP contribution in [-0.4, -0.2) is 74.7 Å². The van der Waals surface area contributed by atoms with Crippen molar-refractivity contribution in [2.75, 3.05) is 13.2 Å². The van der Waals surface area contributed by atoms with E-state index < -0.39 is 44.4 Å². The van der Waals surface area contributed by atoms with E-state index in [1.807, 2.05) is 64.1 Å². The monoisotopic (exact) mass is 555 g/mol. The van der Waals surface area contributed by atoms with Crippen LogP contribution in [0, 0.1) is 5.21 Å². The van der Waals surface area contributed by atoms with Crippen molar-refractivity contribution in [3.05, 3.63) is 65.9 Å². The molecule has 0 aliphatic carbocycles. The summed E-state index contributed by atoms with van der Waals surface area (Å²) in [6.07, 6.45) is -1.25. The maximum absolute atomic E-state index is 13.6. The molecule has 3 aliphatic heterocycles. The fourth-order valence-electron chi connectivity index (χ4n) is 6.09. The zero-order valence-electron chi connectivity index (χ0n) is 24.0. The van der Waals surface area contributed by atoms with E-state index in [1.165, 1.54) is 6.21 Å². The average molecular weight is 556 g/mol. The number of hydroxylamine groups is 1. The second kappa shape index (κ2) is 10.4. The van der Waals surface area contributed by atoms with Gasteiger partial charge in [-0.25, -0.2) is 0 Å². The quantitative estimate of drug-likeness (QED) is 0.170. The van der Waals surface area contributed by atoms with E-state index in [0.29, 0.717) is 6.61 Å². The van der Waals surface area contributed by atoms with Gasteiger partial charge in [-0.2, -0.15) is 4.74 Å². The molecule has 0 spiro atoms. The lowest BCUT2D eigenvalue weighted by Crippen LogP contribution is -2.66. The fourth-order valence-corrected chi connectivity index (χ4v) is 10.6. The molecule has 2 aromatic carbocycles. The Morgan fingerprint density at radius 3 is 1.95 bits per heavy atom. The van der Waals surface area contributed by atoms with Gasteiger partial charge in [-0.05, 0) is 43.1 Å². The number of rotatable bonds is 7. The molecule has 3 aliphatic rings. The Labute approximate surface area is 232 Å². The minimum absolute atomic E-state index is 0.124. The van der Waals surface area contributed by atoms with Crippen LogP contribution in [0.15, 0.2) is 60.7 Å². The molecular weight excluding hydrogens is 514 g/mol. The first-order chi connectivity index (χ1) is 18.3. The highest BCUT2D eigenvalue weighted by atomic mass is 28.4. The Kier molecular flexibility index (Phi) is 7.56. The summed E-state index contributed by atoms with van der Waals surface area (Å²) in [5.74, 6) is -1.56. The first-order valence-electron chi connectivity index (χ1n) is 13.7. The van der Waals surface area contributed by atoms with Gasteiger partial charge in [-0.1, -0.05) is 81.4 Å². The van der Waals surface area contributed by atoms with Crippen LogP contribution >= 0.6 is 0 Å². The van der Waals surface area contributed by atoms with Crippen LogP contribution in [0.2, 0.25) is 5.04 Å². The second-order valence-corrected chi connectivity index (χ2v) is 16.7. The van der Waals surface area contributed by atoms with Crippen molar-refractivity contribution >= 4 is 24.9 Å². The van der Waals surface area contributed by atoms with E-state index in [-0.39, 0.29) is 17.7 Å². The molecule has 3 heterocycles. The lowest BCUT2D eigenvalue weighted by atomic mass is 10.1. The molecule has 39 heavy (non-hydrogen) atoms. The summed E-state index contributed by atoms with van der Waals surface area (Å²) in [6, 6.07) is 20.7. The smallest absolute Gasteiger partial charge is 0.297 e. The molecule has 5 rings (SSSR count). The van der Waals surface area contributed by atoms with Gasteiger partial charge in [0.25, 0.3) is 14.5 Å². The minimum Gasteiger partial charge on any atom is -0.622 e. The van der Waals surface area contributed by atoms with E-state index in [4.69, 9.17) is 28.1 Å². The van der Waals surface area contributed by atoms with Gasteiger partial charge in [0.1, 0.15) is 24.9 Å². The molecule has 0 N–H and O–H groups in total. The van der Waals surface area contributed by atoms with Gasteiger partial charge < -0.3 is 33.3 Å². The summed E-state index contributed by atoms with van der Waals surface area (Å²) >= 11 is 0. The largest absolute Gasteiger partial charge is 0.622 e. The Bertz CT molecular complexity index is 1130. The van der Waals surface area contributed by atoms with Gasteiger partial charge in [0, 0.05) is 0 Å². The van der Waals surface area contributed by atoms with Crippen molar-refractivity contribution < 1.29 is 32.8 Å². The van der Waals surface area contributed by atoms with Crippen molar-refractivity contribution in [2.45, 2.75) is 95.7 Å². The van der Waals surface area contributed by atoms with Crippen LogP contribution in [0.1, 0.15) is 48.5 Å². The third-order valence-corrected chi connectivity index (χ3v) is 12.7. The Hall–Kier alpha value is -2.11. The standard InChI is InChI=1S/C30H41NO7Si/c1-28(2,3)39(21-14-10-8-11-15-21,22-16-12-9-13-17-22)34-19-18-31(32)27-26-25(37-30(6,7)38-26)24(35-27)23-20-33-29(4,5)36-23/h8-18,23-27H,19-20H2,1-7H3/b31-18-/t23-,24+,25-,26-,27+/m0/s1. The Balaban J connectivity index is 1.41. The maximum Gasteiger partial charge on any atom is 0.297 e. The normalized spacial score (nSPS) is 30.4. The third-order valence-electron chi connectivity index (χ3n) is 7.68. The predicted molar refractivity (Wildman–Crippen MR) is 151 cm³/mol. The van der Waals surface area contributed by atoms with E-state index in [9.17, 15) is 5.21 Å². The third kappa shape index (κ3) is 5.46. The topological polar surface area (TPSA) is 81.5 Å². The van der Waals surface area contributed by atoms with Crippen LogP contribution in [0.5, 0.6) is 0 Å². The zero-order valence-corrected chi connectivity index (χ0v) is 25.0. The molecule has 0 amide bonds. The van der Waals surface area contributed by atoms with Gasteiger partial charge in [0.15, 0.2) is 23.9 Å². The van der Waals surface area contributed by atoms with Gasteiger partial charge in [-0.3, -0.25) is 0 Å². The summed E-state index contributed by atoms with van der Waals surface area (Å²) in [4.78, 5) is 0. The molecule has 212 valence electrons. The number of fused-ring (bicyclic) bond motifs is 1. The fraction of sp³-hybridized carbons (Fsp3) is 0.567. The molecule has 0 bridgehead atoms. The molecule has 5 atom stereocenters. The summed E-state index contributed by atoms with van der Waals surface area (Å²) < 4.78 is 38.1. The number of benzene rings is 2. The number of hydrogen-bond donors (Lipinski definition) is 0. The van der Waals surface area contributed by atoms with Crippen LogP contribution in [0.25, 0.3) is 0 Å². The van der Waals surface area contributed by atoms with E-state index >= 15 is 0 Å². The van der Waals surface area contributed by atoms with Gasteiger partial charge in [-0.15, -0.1) is 0 Å². The summed E-state index contributed by atoms with van der Waals surface area (Å²) in [5, 5.41) is 15.7. The molecule has 3 saturated heterocycles. The van der Waals surface area contributed by atoms with Crippen molar-refractivity contribution in [1.29, 1.82) is 0 Å². The van der Waals surface area contributed by atoms with Crippen molar-refractivity contribution in [2.24, 2.45) is 0 Å². The maximum atomic E-state index is 13.6.